The fourth-order valence-electron chi connectivity index (χ4n) is 14.1. The first-order valence-corrected chi connectivity index (χ1v) is 24.2. The molecule has 8 aliphatic rings. The molecule has 19 nitrogen and oxygen atoms in total. The first kappa shape index (κ1) is 51.2. The number of allylic oxidation sites excluding steroid dienone is 1. The molecule has 24 atom stereocenters. The van der Waals surface area contributed by atoms with E-state index in [2.05, 4.69) is 6.92 Å². The Bertz CT molecular complexity index is 1860. The number of ketones is 1. The molecule has 2 spiro atoms. The number of ether oxygens (including phenoxy) is 11. The maximum absolute atomic E-state index is 13.6. The lowest BCUT2D eigenvalue weighted by Crippen LogP contribution is -2.70. The second-order valence-electron chi connectivity index (χ2n) is 21.0. The molecule has 5 N–H and O–H groups in total. The summed E-state index contributed by atoms with van der Waals surface area (Å²) in [4.78, 5) is 40.1. The number of aliphatic hydroxyl groups excluding tert-OH is 5. The van der Waals surface area contributed by atoms with E-state index < -0.39 is 145 Å². The summed E-state index contributed by atoms with van der Waals surface area (Å²) in [5.41, 5.74) is -2.24. The Labute approximate surface area is 392 Å². The highest BCUT2D eigenvalue weighted by molar-refractivity contribution is 5.88. The predicted molar refractivity (Wildman–Crippen MR) is 230 cm³/mol. The van der Waals surface area contributed by atoms with Gasteiger partial charge < -0.3 is 77.6 Å². The van der Waals surface area contributed by atoms with Gasteiger partial charge in [0.1, 0.15) is 78.0 Å². The number of hydrogen-bond donors (Lipinski definition) is 5. The van der Waals surface area contributed by atoms with E-state index in [1.165, 1.54) is 14.0 Å². The first-order chi connectivity index (χ1) is 31.7. The Kier molecular flexibility index (Phi) is 14.6. The van der Waals surface area contributed by atoms with Crippen LogP contribution in [0.5, 0.6) is 0 Å². The van der Waals surface area contributed by atoms with Crippen molar-refractivity contribution in [2.24, 2.45) is 28.6 Å². The third kappa shape index (κ3) is 8.25. The van der Waals surface area contributed by atoms with Crippen LogP contribution in [0.4, 0.5) is 0 Å². The van der Waals surface area contributed by atoms with Crippen molar-refractivity contribution in [2.45, 2.75) is 222 Å². The van der Waals surface area contributed by atoms with Crippen molar-refractivity contribution in [1.82, 2.24) is 0 Å². The molecular formula is C48H74O19. The number of carbonyl (C=O) groups excluding carboxylic acids is 3. The van der Waals surface area contributed by atoms with Crippen molar-refractivity contribution in [3.05, 3.63) is 11.6 Å². The minimum Gasteiger partial charge on any atom is -0.458 e. The molecule has 4 aliphatic heterocycles. The van der Waals surface area contributed by atoms with E-state index in [9.17, 15) is 39.9 Å². The largest absolute Gasteiger partial charge is 0.458 e. The number of carbonyl (C=O) groups is 3. The molecule has 380 valence electrons. The van der Waals surface area contributed by atoms with Gasteiger partial charge in [0.05, 0.1) is 31.0 Å². The van der Waals surface area contributed by atoms with Crippen LogP contribution in [-0.2, 0) is 66.5 Å². The van der Waals surface area contributed by atoms with Crippen LogP contribution in [0.1, 0.15) is 107 Å². The van der Waals surface area contributed by atoms with Crippen LogP contribution in [-0.4, -0.2) is 180 Å². The smallest absolute Gasteiger partial charge is 0.333 e. The number of Topliss-reactive ketones (excluding diaryl/α,β-unsaturated/α-hetero) is 1. The van der Waals surface area contributed by atoms with Crippen LogP contribution in [0.3, 0.4) is 0 Å². The SMILES string of the molecule is CC=C(C)C(=O)OC1C(OC(C)=O)C2C3(C)CCC(OC4CC(OC)C(OC5OC(C)C(OC6OC(CO)C(O)C(O)C6O)C(OC)C5O)C(C)O4)CC3CCC23OC32CCC(C(C)=O)C12C. The van der Waals surface area contributed by atoms with Gasteiger partial charge >= 0.3 is 11.9 Å². The lowest BCUT2D eigenvalue weighted by Gasteiger charge is -2.61. The molecule has 4 saturated heterocycles. The van der Waals surface area contributed by atoms with Gasteiger partial charge in [-0.15, -0.1) is 0 Å². The monoisotopic (exact) mass is 954 g/mol. The summed E-state index contributed by atoms with van der Waals surface area (Å²) in [5, 5.41) is 52.3. The average molecular weight is 955 g/mol. The topological polar surface area (TPSA) is 257 Å². The van der Waals surface area contributed by atoms with Gasteiger partial charge in [0.15, 0.2) is 18.9 Å². The summed E-state index contributed by atoms with van der Waals surface area (Å²) in [6.07, 6.45) is -10.6. The predicted octanol–water partition coefficient (Wildman–Crippen LogP) is 1.77. The number of esters is 2. The van der Waals surface area contributed by atoms with Crippen LogP contribution >= 0.6 is 0 Å². The van der Waals surface area contributed by atoms with Crippen molar-refractivity contribution in [1.29, 1.82) is 0 Å². The Balaban J connectivity index is 0.940. The van der Waals surface area contributed by atoms with Gasteiger partial charge in [-0.3, -0.25) is 9.59 Å². The zero-order chi connectivity index (χ0) is 48.7. The van der Waals surface area contributed by atoms with E-state index in [4.69, 9.17) is 52.1 Å². The van der Waals surface area contributed by atoms with Gasteiger partial charge in [-0.05, 0) is 90.9 Å². The van der Waals surface area contributed by atoms with Crippen molar-refractivity contribution < 1.29 is 92.0 Å². The van der Waals surface area contributed by atoms with Crippen LogP contribution in [0.15, 0.2) is 11.6 Å². The molecule has 8 rings (SSSR count). The summed E-state index contributed by atoms with van der Waals surface area (Å²) < 4.78 is 68.9. The van der Waals surface area contributed by atoms with Gasteiger partial charge in [-0.25, -0.2) is 4.79 Å². The summed E-state index contributed by atoms with van der Waals surface area (Å²) in [6.45, 7) is 13.5. The second kappa shape index (κ2) is 19.1. The van der Waals surface area contributed by atoms with Gasteiger partial charge in [-0.1, -0.05) is 19.9 Å². The highest BCUT2D eigenvalue weighted by Gasteiger charge is 2.91. The molecule has 0 amide bonds. The van der Waals surface area contributed by atoms with Gasteiger partial charge in [0, 0.05) is 50.4 Å². The van der Waals surface area contributed by atoms with Gasteiger partial charge in [0.25, 0.3) is 0 Å². The fraction of sp³-hybridized carbons (Fsp3) is 0.896. The Morgan fingerprint density at radius 3 is 2.06 bits per heavy atom. The van der Waals surface area contributed by atoms with Crippen molar-refractivity contribution >= 4 is 17.7 Å². The minimum absolute atomic E-state index is 0.00444. The molecule has 8 fully saturated rings. The Hall–Kier alpha value is -2.21. The van der Waals surface area contributed by atoms with Crippen molar-refractivity contribution in [2.75, 3.05) is 20.8 Å². The van der Waals surface area contributed by atoms with Crippen molar-refractivity contribution in [3.8, 4) is 0 Å². The molecule has 4 heterocycles. The van der Waals surface area contributed by atoms with Gasteiger partial charge in [0.2, 0.25) is 0 Å². The van der Waals surface area contributed by atoms with E-state index in [0.29, 0.717) is 50.5 Å². The van der Waals surface area contributed by atoms with Gasteiger partial charge in [-0.2, -0.15) is 0 Å². The lowest BCUT2D eigenvalue weighted by molar-refractivity contribution is -0.371. The third-order valence-corrected chi connectivity index (χ3v) is 17.7. The van der Waals surface area contributed by atoms with E-state index in [1.807, 2.05) is 13.8 Å². The second-order valence-corrected chi connectivity index (χ2v) is 21.0. The highest BCUT2D eigenvalue weighted by Crippen LogP contribution is 2.81. The molecule has 24 unspecified atom stereocenters. The number of hydrogen-bond acceptors (Lipinski definition) is 19. The van der Waals surface area contributed by atoms with Crippen LogP contribution in [0.2, 0.25) is 0 Å². The number of epoxide rings is 1. The Morgan fingerprint density at radius 1 is 0.731 bits per heavy atom. The van der Waals surface area contributed by atoms with E-state index in [-0.39, 0.29) is 23.7 Å². The zero-order valence-corrected chi connectivity index (χ0v) is 40.4. The van der Waals surface area contributed by atoms with Crippen LogP contribution in [0, 0.1) is 28.6 Å². The third-order valence-electron chi connectivity index (χ3n) is 17.7. The summed E-state index contributed by atoms with van der Waals surface area (Å²) in [6, 6.07) is 0. The maximum atomic E-state index is 13.6. The van der Waals surface area contributed by atoms with E-state index in [0.717, 1.165) is 6.42 Å². The number of fused-ring (bicyclic) bond motifs is 2. The fourth-order valence-corrected chi connectivity index (χ4v) is 14.1. The highest BCUT2D eigenvalue weighted by atomic mass is 16.8. The zero-order valence-electron chi connectivity index (χ0n) is 40.4. The van der Waals surface area contributed by atoms with Crippen LogP contribution in [0.25, 0.3) is 0 Å². The Morgan fingerprint density at radius 2 is 1.42 bits per heavy atom. The summed E-state index contributed by atoms with van der Waals surface area (Å²) in [5.74, 6) is -1.60. The van der Waals surface area contributed by atoms with Crippen molar-refractivity contribution in [3.63, 3.8) is 0 Å². The molecule has 0 aromatic heterocycles. The number of aliphatic hydroxyl groups is 5. The molecule has 67 heavy (non-hydrogen) atoms. The molecule has 0 radical (unpaired) electrons. The minimum atomic E-state index is -1.67. The molecule has 0 aromatic rings. The van der Waals surface area contributed by atoms with E-state index in [1.54, 1.807) is 40.9 Å². The standard InChI is InChI=1S/C48H74O19/c1-11-21(2)42(56)66-41-39(61-25(6)51)40-45(7)15-13-27(18-26(45)12-16-47(40)48(67-47)17-14-28(22(3)50)46(41,48)8)62-31-19-29(57-9)36(23(4)59-31)64-44-35(55)38(58-10)37(24(5)60-44)65-43-34(54)33(53)32(52)30(20-49)63-43/h11,23-24,26-41,43-44,49,52-55H,12-20H2,1-10H3. The first-order valence-electron chi connectivity index (χ1n) is 24.2. The maximum Gasteiger partial charge on any atom is 0.333 e. The number of methoxy groups -OCH3 is 2. The van der Waals surface area contributed by atoms with E-state index >= 15 is 0 Å². The molecular weight excluding hydrogens is 881 g/mol. The normalized spacial score (nSPS) is 51.7. The average Bonchev–Trinajstić information content (AvgIpc) is 3.84. The molecule has 4 saturated carbocycles. The van der Waals surface area contributed by atoms with Crippen LogP contribution < -0.4 is 0 Å². The summed E-state index contributed by atoms with van der Waals surface area (Å²) in [7, 11) is 2.94. The number of rotatable bonds is 13. The summed E-state index contributed by atoms with van der Waals surface area (Å²) >= 11 is 0. The molecule has 0 bridgehead atoms. The molecule has 0 aromatic carbocycles. The molecule has 4 aliphatic carbocycles. The lowest BCUT2D eigenvalue weighted by atomic mass is 9.43. The quantitative estimate of drug-likeness (QED) is 0.0763. The molecule has 19 heteroatoms.